The summed E-state index contributed by atoms with van der Waals surface area (Å²) in [7, 11) is 0. The van der Waals surface area contributed by atoms with Gasteiger partial charge >= 0.3 is 0 Å². The van der Waals surface area contributed by atoms with Crippen molar-refractivity contribution in [1.29, 1.82) is 0 Å². The summed E-state index contributed by atoms with van der Waals surface area (Å²) < 4.78 is 15.9. The molecule has 7 heteroatoms. The molecule has 0 spiro atoms. The van der Waals surface area contributed by atoms with Gasteiger partial charge in [0.2, 0.25) is 0 Å². The first-order valence-corrected chi connectivity index (χ1v) is 9.81. The lowest BCUT2D eigenvalue weighted by atomic mass is 9.98. The Morgan fingerprint density at radius 1 is 1.29 bits per heavy atom. The molecule has 5 heterocycles. The molecular formula is C21H23FN6. The van der Waals surface area contributed by atoms with Crippen molar-refractivity contribution >= 4 is 17.2 Å². The minimum atomic E-state index is -0.282. The van der Waals surface area contributed by atoms with Gasteiger partial charge in [0.25, 0.3) is 0 Å². The Kier molecular flexibility index (Phi) is 4.03. The van der Waals surface area contributed by atoms with Gasteiger partial charge in [-0.25, -0.2) is 13.9 Å². The van der Waals surface area contributed by atoms with Gasteiger partial charge in [0, 0.05) is 30.2 Å². The maximum atomic E-state index is 14.1. The summed E-state index contributed by atoms with van der Waals surface area (Å²) in [6, 6.07) is 3.93. The van der Waals surface area contributed by atoms with Crippen LogP contribution in [0.1, 0.15) is 49.0 Å². The highest BCUT2D eigenvalue weighted by atomic mass is 19.1. The normalized spacial score (nSPS) is 22.2. The van der Waals surface area contributed by atoms with Crippen LogP contribution in [0, 0.1) is 5.82 Å². The number of aromatic nitrogens is 4. The zero-order valence-electron chi connectivity index (χ0n) is 15.9. The van der Waals surface area contributed by atoms with Gasteiger partial charge in [-0.2, -0.15) is 5.10 Å². The molecule has 0 aromatic carbocycles. The van der Waals surface area contributed by atoms with Crippen molar-refractivity contribution in [1.82, 2.24) is 24.9 Å². The molecule has 5 rings (SSSR count). The van der Waals surface area contributed by atoms with E-state index in [2.05, 4.69) is 33.8 Å². The Bertz CT molecular complexity index is 1060. The lowest BCUT2D eigenvalue weighted by Crippen LogP contribution is -2.26. The van der Waals surface area contributed by atoms with Gasteiger partial charge < -0.3 is 10.2 Å². The SMILES string of the molecule is C=C1N[C@@H](C)CCc2ncc(F)cc2[C@H]2CCCN2c2ccn3ncc1c3n2. The third-order valence-corrected chi connectivity index (χ3v) is 5.79. The minimum absolute atomic E-state index is 0.0896. The van der Waals surface area contributed by atoms with E-state index in [9.17, 15) is 4.39 Å². The number of nitrogens with one attached hydrogen (secondary N) is 1. The number of hydrogen-bond donors (Lipinski definition) is 1. The van der Waals surface area contributed by atoms with E-state index in [-0.39, 0.29) is 17.9 Å². The van der Waals surface area contributed by atoms with Crippen molar-refractivity contribution in [3.63, 3.8) is 0 Å². The van der Waals surface area contributed by atoms with Crippen molar-refractivity contribution in [2.24, 2.45) is 0 Å². The lowest BCUT2D eigenvalue weighted by molar-refractivity contribution is 0.575. The highest BCUT2D eigenvalue weighted by Crippen LogP contribution is 2.37. The molecule has 2 aliphatic rings. The summed E-state index contributed by atoms with van der Waals surface area (Å²) in [5, 5.41) is 7.88. The molecule has 0 amide bonds. The Labute approximate surface area is 163 Å². The third kappa shape index (κ3) is 2.82. The summed E-state index contributed by atoms with van der Waals surface area (Å²) in [4.78, 5) is 11.6. The summed E-state index contributed by atoms with van der Waals surface area (Å²) in [5.41, 5.74) is 4.46. The van der Waals surface area contributed by atoms with Gasteiger partial charge in [0.05, 0.1) is 24.0 Å². The van der Waals surface area contributed by atoms with Crippen LogP contribution in [0.15, 0.2) is 37.3 Å². The summed E-state index contributed by atoms with van der Waals surface area (Å²) in [5.74, 6) is 0.600. The lowest BCUT2D eigenvalue weighted by Gasteiger charge is -2.27. The van der Waals surface area contributed by atoms with E-state index in [0.717, 1.165) is 66.2 Å². The number of nitrogens with zero attached hydrogens (tertiary/aromatic N) is 5. The number of pyridine rings is 1. The zero-order valence-corrected chi connectivity index (χ0v) is 15.9. The van der Waals surface area contributed by atoms with Crippen LogP contribution in [0.5, 0.6) is 0 Å². The quantitative estimate of drug-likeness (QED) is 0.649. The molecule has 144 valence electrons. The van der Waals surface area contributed by atoms with Gasteiger partial charge in [-0.3, -0.25) is 4.98 Å². The molecule has 2 aliphatic heterocycles. The van der Waals surface area contributed by atoms with Crippen LogP contribution in [-0.2, 0) is 6.42 Å². The first-order chi connectivity index (χ1) is 13.6. The highest BCUT2D eigenvalue weighted by Gasteiger charge is 2.30. The average Bonchev–Trinajstić information content (AvgIpc) is 3.32. The fraction of sp³-hybridized carbons (Fsp3) is 0.381. The van der Waals surface area contributed by atoms with Crippen LogP contribution in [0.3, 0.4) is 0 Å². The maximum absolute atomic E-state index is 14.1. The molecule has 2 bridgehead atoms. The van der Waals surface area contributed by atoms with Gasteiger partial charge in [0.1, 0.15) is 11.6 Å². The summed E-state index contributed by atoms with van der Waals surface area (Å²) >= 11 is 0. The van der Waals surface area contributed by atoms with Crippen LogP contribution in [0.4, 0.5) is 10.2 Å². The van der Waals surface area contributed by atoms with Crippen molar-refractivity contribution in [2.45, 2.75) is 44.7 Å². The summed E-state index contributed by atoms with van der Waals surface area (Å²) in [6.45, 7) is 7.22. The van der Waals surface area contributed by atoms with E-state index in [1.807, 2.05) is 12.3 Å². The Hall–Kier alpha value is -2.96. The Balaban J connectivity index is 1.69. The molecule has 0 aliphatic carbocycles. The van der Waals surface area contributed by atoms with Crippen molar-refractivity contribution in [2.75, 3.05) is 11.4 Å². The van der Waals surface area contributed by atoms with E-state index in [4.69, 9.17) is 4.98 Å². The van der Waals surface area contributed by atoms with Crippen LogP contribution in [-0.4, -0.2) is 32.2 Å². The molecule has 1 N–H and O–H groups in total. The molecule has 3 aromatic rings. The van der Waals surface area contributed by atoms with Crippen molar-refractivity contribution in [3.8, 4) is 0 Å². The van der Waals surface area contributed by atoms with Gasteiger partial charge in [-0.05, 0) is 50.3 Å². The first kappa shape index (κ1) is 17.2. The van der Waals surface area contributed by atoms with Crippen LogP contribution in [0.2, 0.25) is 0 Å². The predicted octanol–water partition coefficient (Wildman–Crippen LogP) is 3.50. The van der Waals surface area contributed by atoms with E-state index in [1.165, 1.54) is 6.20 Å². The monoisotopic (exact) mass is 378 g/mol. The smallest absolute Gasteiger partial charge is 0.166 e. The standard InChI is InChI=1S/C21H23FN6/c1-13-5-6-18-16(10-15(22)11-23-18)19-4-3-8-27(19)20-7-9-28-21(26-20)17(12-24-28)14(2)25-13/h7,9-13,19,25H,2-6,8H2,1H3/t13-,19+/m0/s1. The van der Waals surface area contributed by atoms with Crippen molar-refractivity contribution in [3.05, 3.63) is 59.9 Å². The second-order valence-electron chi connectivity index (χ2n) is 7.72. The zero-order chi connectivity index (χ0) is 19.3. The number of anilines is 1. The minimum Gasteiger partial charge on any atom is -0.382 e. The first-order valence-electron chi connectivity index (χ1n) is 9.81. The largest absolute Gasteiger partial charge is 0.382 e. The van der Waals surface area contributed by atoms with Gasteiger partial charge in [-0.1, -0.05) is 6.58 Å². The highest BCUT2D eigenvalue weighted by molar-refractivity contribution is 5.74. The van der Waals surface area contributed by atoms with Gasteiger partial charge in [-0.15, -0.1) is 0 Å². The second-order valence-corrected chi connectivity index (χ2v) is 7.72. The number of rotatable bonds is 0. The molecular weight excluding hydrogens is 355 g/mol. The number of halogens is 1. The number of hydrogen-bond acceptors (Lipinski definition) is 5. The number of aryl methyl sites for hydroxylation is 1. The third-order valence-electron chi connectivity index (χ3n) is 5.79. The molecule has 28 heavy (non-hydrogen) atoms. The molecule has 1 fully saturated rings. The topological polar surface area (TPSA) is 58.4 Å². The second kappa shape index (κ2) is 6.58. The van der Waals surface area contributed by atoms with Crippen LogP contribution >= 0.6 is 0 Å². The fourth-order valence-corrected chi connectivity index (χ4v) is 4.38. The number of fused-ring (bicyclic) bond motifs is 5. The van der Waals surface area contributed by atoms with E-state index in [0.29, 0.717) is 0 Å². The average molecular weight is 378 g/mol. The van der Waals surface area contributed by atoms with Crippen LogP contribution in [0.25, 0.3) is 11.3 Å². The van der Waals surface area contributed by atoms with E-state index in [1.54, 1.807) is 16.8 Å². The molecule has 6 nitrogen and oxygen atoms in total. The fourth-order valence-electron chi connectivity index (χ4n) is 4.38. The van der Waals surface area contributed by atoms with Crippen LogP contribution < -0.4 is 10.2 Å². The predicted molar refractivity (Wildman–Crippen MR) is 106 cm³/mol. The Morgan fingerprint density at radius 2 is 2.18 bits per heavy atom. The molecule has 2 atom stereocenters. The van der Waals surface area contributed by atoms with E-state index < -0.39 is 0 Å². The van der Waals surface area contributed by atoms with Crippen molar-refractivity contribution < 1.29 is 4.39 Å². The molecule has 1 saturated heterocycles. The molecule has 0 saturated carbocycles. The van der Waals surface area contributed by atoms with Gasteiger partial charge in [0.15, 0.2) is 5.65 Å². The maximum Gasteiger partial charge on any atom is 0.166 e. The summed E-state index contributed by atoms with van der Waals surface area (Å²) in [6.07, 6.45) is 8.75. The molecule has 3 aromatic heterocycles. The Morgan fingerprint density at radius 3 is 3.07 bits per heavy atom. The van der Waals surface area contributed by atoms with E-state index >= 15 is 0 Å². The molecule has 0 unspecified atom stereocenters. The molecule has 0 radical (unpaired) electrons.